The first kappa shape index (κ1) is 16.0. The topological polar surface area (TPSA) is 72.2 Å². The Kier molecular flexibility index (Phi) is 6.31. The predicted molar refractivity (Wildman–Crippen MR) is 81.8 cm³/mol. The molecule has 2 atom stereocenters. The van der Waals surface area contributed by atoms with Gasteiger partial charge >= 0.3 is 0 Å². The Morgan fingerprint density at radius 2 is 2.21 bits per heavy atom. The molecule has 0 saturated heterocycles. The Labute approximate surface area is 121 Å². The van der Waals surface area contributed by atoms with Crippen LogP contribution in [0.3, 0.4) is 0 Å². The van der Waals surface area contributed by atoms with Crippen LogP contribution in [0.4, 0.5) is 11.4 Å². The van der Waals surface area contributed by atoms with Gasteiger partial charge in [-0.25, -0.2) is 0 Å². The zero-order valence-corrected chi connectivity index (χ0v) is 12.7. The SMILES string of the molecule is CCC(C)CS(=O)CC(=O)Nc1ccc(Cl)cc1N. The quantitative estimate of drug-likeness (QED) is 0.794. The van der Waals surface area contributed by atoms with Gasteiger partial charge in [-0.05, 0) is 24.1 Å². The number of hydrogen-bond donors (Lipinski definition) is 2. The summed E-state index contributed by atoms with van der Waals surface area (Å²) in [6.07, 6.45) is 0.956. The van der Waals surface area contributed by atoms with E-state index in [1.807, 2.05) is 13.8 Å². The van der Waals surface area contributed by atoms with Crippen molar-refractivity contribution >= 4 is 39.7 Å². The summed E-state index contributed by atoms with van der Waals surface area (Å²) in [6.45, 7) is 4.06. The number of nitrogens with one attached hydrogen (secondary N) is 1. The fourth-order valence-corrected chi connectivity index (χ4v) is 3.01. The Bertz CT molecular complexity index is 480. The van der Waals surface area contributed by atoms with Crippen LogP contribution < -0.4 is 11.1 Å². The van der Waals surface area contributed by atoms with Gasteiger partial charge in [0.2, 0.25) is 5.91 Å². The molecule has 19 heavy (non-hydrogen) atoms. The summed E-state index contributed by atoms with van der Waals surface area (Å²) < 4.78 is 11.7. The van der Waals surface area contributed by atoms with E-state index < -0.39 is 10.8 Å². The van der Waals surface area contributed by atoms with Crippen LogP contribution in [0.25, 0.3) is 0 Å². The van der Waals surface area contributed by atoms with E-state index in [4.69, 9.17) is 17.3 Å². The van der Waals surface area contributed by atoms with E-state index in [1.54, 1.807) is 18.2 Å². The number of anilines is 2. The van der Waals surface area contributed by atoms with Crippen LogP contribution in [0.2, 0.25) is 5.02 Å². The minimum absolute atomic E-state index is 0.00753. The van der Waals surface area contributed by atoms with E-state index in [2.05, 4.69) is 5.32 Å². The number of carbonyl (C=O) groups is 1. The van der Waals surface area contributed by atoms with Crippen molar-refractivity contribution in [2.75, 3.05) is 22.6 Å². The first-order chi connectivity index (χ1) is 8.92. The Balaban J connectivity index is 2.53. The Morgan fingerprint density at radius 1 is 1.53 bits per heavy atom. The van der Waals surface area contributed by atoms with E-state index >= 15 is 0 Å². The van der Waals surface area contributed by atoms with Crippen LogP contribution in [0.15, 0.2) is 18.2 Å². The molecule has 1 aromatic carbocycles. The van der Waals surface area contributed by atoms with Gasteiger partial charge in [-0.15, -0.1) is 0 Å². The summed E-state index contributed by atoms with van der Waals surface area (Å²) in [6, 6.07) is 4.84. The van der Waals surface area contributed by atoms with Crippen LogP contribution >= 0.6 is 11.6 Å². The van der Waals surface area contributed by atoms with Crippen molar-refractivity contribution in [3.63, 3.8) is 0 Å². The highest BCUT2D eigenvalue weighted by atomic mass is 35.5. The second-order valence-electron chi connectivity index (χ2n) is 4.54. The molecule has 0 saturated carbocycles. The molecule has 2 unspecified atom stereocenters. The lowest BCUT2D eigenvalue weighted by Crippen LogP contribution is -2.23. The number of nitrogens with two attached hydrogens (primary N) is 1. The molecule has 0 fully saturated rings. The van der Waals surface area contributed by atoms with Gasteiger partial charge < -0.3 is 11.1 Å². The minimum atomic E-state index is -1.14. The van der Waals surface area contributed by atoms with E-state index in [1.165, 1.54) is 0 Å². The summed E-state index contributed by atoms with van der Waals surface area (Å²) in [5.74, 6) is 0.594. The van der Waals surface area contributed by atoms with E-state index in [9.17, 15) is 9.00 Å². The summed E-state index contributed by atoms with van der Waals surface area (Å²) >= 11 is 5.77. The molecule has 1 rings (SSSR count). The van der Waals surface area contributed by atoms with Gasteiger partial charge in [0, 0.05) is 21.6 Å². The Morgan fingerprint density at radius 3 is 2.79 bits per heavy atom. The lowest BCUT2D eigenvalue weighted by Gasteiger charge is -2.10. The molecule has 0 aliphatic carbocycles. The Hall–Kier alpha value is -1.07. The standard InChI is InChI=1S/C13H19ClN2O2S/c1-3-9(2)7-19(18)8-13(17)16-12-5-4-10(14)6-11(12)15/h4-6,9H,3,7-8,15H2,1-2H3,(H,16,17). The number of nitrogen functional groups attached to an aromatic ring is 1. The zero-order chi connectivity index (χ0) is 14.4. The van der Waals surface area contributed by atoms with E-state index in [-0.39, 0.29) is 11.7 Å². The van der Waals surface area contributed by atoms with Gasteiger partial charge in [0.05, 0.1) is 11.4 Å². The largest absolute Gasteiger partial charge is 0.397 e. The predicted octanol–water partition coefficient (Wildman–Crippen LogP) is 2.66. The third-order valence-corrected chi connectivity index (χ3v) is 4.51. The maximum absolute atomic E-state index is 11.7. The van der Waals surface area contributed by atoms with Crippen LogP contribution in [-0.2, 0) is 15.6 Å². The van der Waals surface area contributed by atoms with E-state index in [0.29, 0.717) is 28.1 Å². The van der Waals surface area contributed by atoms with Crippen molar-refractivity contribution in [3.8, 4) is 0 Å². The van der Waals surface area contributed by atoms with Gasteiger partial charge in [-0.2, -0.15) is 0 Å². The minimum Gasteiger partial charge on any atom is -0.397 e. The normalized spacial score (nSPS) is 13.8. The van der Waals surface area contributed by atoms with Gasteiger partial charge in [0.1, 0.15) is 5.75 Å². The molecule has 4 nitrogen and oxygen atoms in total. The van der Waals surface area contributed by atoms with Gasteiger partial charge in [-0.1, -0.05) is 31.9 Å². The number of rotatable bonds is 6. The summed E-state index contributed by atoms with van der Waals surface area (Å²) in [4.78, 5) is 11.7. The highest BCUT2D eigenvalue weighted by Gasteiger charge is 2.12. The lowest BCUT2D eigenvalue weighted by molar-refractivity contribution is -0.113. The van der Waals surface area contributed by atoms with Crippen molar-refractivity contribution in [1.82, 2.24) is 0 Å². The van der Waals surface area contributed by atoms with Crippen molar-refractivity contribution in [3.05, 3.63) is 23.2 Å². The maximum Gasteiger partial charge on any atom is 0.237 e. The fourth-order valence-electron chi connectivity index (χ4n) is 1.47. The van der Waals surface area contributed by atoms with Gasteiger partial charge in [0.15, 0.2) is 0 Å². The second kappa shape index (κ2) is 7.50. The molecule has 0 heterocycles. The van der Waals surface area contributed by atoms with Gasteiger partial charge in [-0.3, -0.25) is 9.00 Å². The molecular formula is C13H19ClN2O2S. The summed E-state index contributed by atoms with van der Waals surface area (Å²) in [7, 11) is -1.14. The third-order valence-electron chi connectivity index (χ3n) is 2.75. The first-order valence-electron chi connectivity index (χ1n) is 6.12. The average molecular weight is 303 g/mol. The molecule has 0 aliphatic rings. The van der Waals surface area contributed by atoms with Crippen molar-refractivity contribution in [1.29, 1.82) is 0 Å². The molecular weight excluding hydrogens is 284 g/mol. The van der Waals surface area contributed by atoms with Crippen molar-refractivity contribution in [2.45, 2.75) is 20.3 Å². The lowest BCUT2D eigenvalue weighted by atomic mass is 10.2. The number of halogens is 1. The van der Waals surface area contributed by atoms with Gasteiger partial charge in [0.25, 0.3) is 0 Å². The molecule has 1 amide bonds. The van der Waals surface area contributed by atoms with Crippen molar-refractivity contribution < 1.29 is 9.00 Å². The highest BCUT2D eigenvalue weighted by molar-refractivity contribution is 7.85. The highest BCUT2D eigenvalue weighted by Crippen LogP contribution is 2.22. The van der Waals surface area contributed by atoms with E-state index in [0.717, 1.165) is 6.42 Å². The molecule has 0 aromatic heterocycles. The second-order valence-corrected chi connectivity index (χ2v) is 6.48. The maximum atomic E-state index is 11.7. The van der Waals surface area contributed by atoms with Crippen LogP contribution in [-0.4, -0.2) is 21.6 Å². The molecule has 1 aromatic rings. The summed E-state index contributed by atoms with van der Waals surface area (Å²) in [5.41, 5.74) is 6.62. The number of hydrogen-bond acceptors (Lipinski definition) is 3. The third kappa shape index (κ3) is 5.61. The average Bonchev–Trinajstić information content (AvgIpc) is 2.32. The fraction of sp³-hybridized carbons (Fsp3) is 0.462. The van der Waals surface area contributed by atoms with Crippen LogP contribution in [0, 0.1) is 5.92 Å². The zero-order valence-electron chi connectivity index (χ0n) is 11.1. The monoisotopic (exact) mass is 302 g/mol. The molecule has 3 N–H and O–H groups in total. The summed E-state index contributed by atoms with van der Waals surface area (Å²) in [5, 5.41) is 3.15. The first-order valence-corrected chi connectivity index (χ1v) is 7.98. The van der Waals surface area contributed by atoms with Crippen LogP contribution in [0.5, 0.6) is 0 Å². The molecule has 0 spiro atoms. The van der Waals surface area contributed by atoms with Crippen molar-refractivity contribution in [2.24, 2.45) is 5.92 Å². The number of carbonyl (C=O) groups excluding carboxylic acids is 1. The smallest absolute Gasteiger partial charge is 0.237 e. The number of benzene rings is 1. The molecule has 0 aliphatic heterocycles. The molecule has 106 valence electrons. The molecule has 0 radical (unpaired) electrons. The number of amides is 1. The molecule has 6 heteroatoms. The van der Waals surface area contributed by atoms with Crippen LogP contribution in [0.1, 0.15) is 20.3 Å². The molecule has 0 bridgehead atoms.